The zero-order chi connectivity index (χ0) is 19.3. The van der Waals surface area contributed by atoms with Crippen LogP contribution in [-0.2, 0) is 11.3 Å². The van der Waals surface area contributed by atoms with Gasteiger partial charge in [0.15, 0.2) is 17.6 Å². The van der Waals surface area contributed by atoms with Crippen LogP contribution in [0.25, 0.3) is 0 Å². The molecule has 0 spiro atoms. The van der Waals surface area contributed by atoms with Gasteiger partial charge in [0.2, 0.25) is 5.91 Å². The van der Waals surface area contributed by atoms with Gasteiger partial charge in [-0.3, -0.25) is 4.79 Å². The SMILES string of the molecule is O=C(NCc1ccc(N2CCCC2=O)cc1)NC[C@H]1COc2ccccc2O1. The second-order valence-electron chi connectivity index (χ2n) is 6.88. The molecule has 7 nitrogen and oxygen atoms in total. The third kappa shape index (κ3) is 4.19. The summed E-state index contributed by atoms with van der Waals surface area (Å²) in [4.78, 5) is 25.6. The number of hydrogen-bond acceptors (Lipinski definition) is 4. The number of rotatable bonds is 5. The number of para-hydroxylation sites is 2. The molecule has 0 unspecified atom stereocenters. The number of nitrogens with zero attached hydrogens (tertiary/aromatic N) is 1. The molecule has 146 valence electrons. The van der Waals surface area contributed by atoms with E-state index >= 15 is 0 Å². The summed E-state index contributed by atoms with van der Waals surface area (Å²) in [5, 5.41) is 5.64. The van der Waals surface area contributed by atoms with Crippen LogP contribution in [0.2, 0.25) is 0 Å². The van der Waals surface area contributed by atoms with Crippen molar-refractivity contribution in [2.45, 2.75) is 25.5 Å². The first-order chi connectivity index (χ1) is 13.7. The molecule has 0 saturated carbocycles. The van der Waals surface area contributed by atoms with E-state index in [1.807, 2.05) is 48.5 Å². The Morgan fingerprint density at radius 2 is 1.86 bits per heavy atom. The number of nitrogens with one attached hydrogen (secondary N) is 2. The van der Waals surface area contributed by atoms with Crippen LogP contribution in [-0.4, -0.2) is 37.7 Å². The maximum absolute atomic E-state index is 12.1. The van der Waals surface area contributed by atoms with Gasteiger partial charge in [-0.25, -0.2) is 4.79 Å². The Balaban J connectivity index is 1.21. The van der Waals surface area contributed by atoms with Crippen molar-refractivity contribution in [2.75, 3.05) is 24.6 Å². The van der Waals surface area contributed by atoms with Crippen molar-refractivity contribution in [3.63, 3.8) is 0 Å². The lowest BCUT2D eigenvalue weighted by molar-refractivity contribution is -0.117. The average Bonchev–Trinajstić information content (AvgIpc) is 3.17. The molecule has 28 heavy (non-hydrogen) atoms. The van der Waals surface area contributed by atoms with E-state index in [1.165, 1.54) is 0 Å². The molecule has 2 aromatic rings. The van der Waals surface area contributed by atoms with Crippen LogP contribution in [0.4, 0.5) is 10.5 Å². The van der Waals surface area contributed by atoms with Gasteiger partial charge in [-0.15, -0.1) is 0 Å². The maximum Gasteiger partial charge on any atom is 0.315 e. The summed E-state index contributed by atoms with van der Waals surface area (Å²) in [5.74, 6) is 1.58. The number of amides is 3. The molecule has 1 fully saturated rings. The van der Waals surface area contributed by atoms with Gasteiger partial charge in [0, 0.05) is 25.2 Å². The van der Waals surface area contributed by atoms with Crippen molar-refractivity contribution in [1.29, 1.82) is 0 Å². The van der Waals surface area contributed by atoms with Crippen molar-refractivity contribution in [3.8, 4) is 11.5 Å². The predicted molar refractivity (Wildman–Crippen MR) is 105 cm³/mol. The van der Waals surface area contributed by atoms with E-state index in [9.17, 15) is 9.59 Å². The van der Waals surface area contributed by atoms with E-state index in [1.54, 1.807) is 4.90 Å². The first-order valence-corrected chi connectivity index (χ1v) is 9.48. The van der Waals surface area contributed by atoms with Gasteiger partial charge >= 0.3 is 6.03 Å². The molecule has 2 aliphatic heterocycles. The molecule has 0 aromatic heterocycles. The van der Waals surface area contributed by atoms with E-state index in [-0.39, 0.29) is 18.0 Å². The molecule has 2 aromatic carbocycles. The Morgan fingerprint density at radius 3 is 2.61 bits per heavy atom. The highest BCUT2D eigenvalue weighted by atomic mass is 16.6. The van der Waals surface area contributed by atoms with Crippen LogP contribution in [0.3, 0.4) is 0 Å². The molecule has 0 bridgehead atoms. The standard InChI is InChI=1S/C21H23N3O4/c25-20-6-3-11-24(20)16-9-7-15(8-10-16)12-22-21(26)23-13-17-14-27-18-4-1-2-5-19(18)28-17/h1-2,4-5,7-10,17H,3,6,11-14H2,(H2,22,23,26)/t17-/m0/s1. The van der Waals surface area contributed by atoms with Crippen molar-refractivity contribution >= 4 is 17.6 Å². The predicted octanol–water partition coefficient (Wildman–Crippen LogP) is 2.45. The fraction of sp³-hybridized carbons (Fsp3) is 0.333. The van der Waals surface area contributed by atoms with Crippen LogP contribution >= 0.6 is 0 Å². The number of fused-ring (bicyclic) bond motifs is 1. The number of benzene rings is 2. The Morgan fingerprint density at radius 1 is 1.07 bits per heavy atom. The van der Waals surface area contributed by atoms with Crippen LogP contribution in [0, 0.1) is 0 Å². The van der Waals surface area contributed by atoms with E-state index in [0.29, 0.717) is 31.9 Å². The third-order valence-electron chi connectivity index (χ3n) is 4.83. The van der Waals surface area contributed by atoms with Gasteiger partial charge in [0.05, 0.1) is 6.54 Å². The molecule has 1 atom stereocenters. The summed E-state index contributed by atoms with van der Waals surface area (Å²) in [7, 11) is 0. The van der Waals surface area contributed by atoms with Crippen molar-refractivity contribution < 1.29 is 19.1 Å². The lowest BCUT2D eigenvalue weighted by Crippen LogP contribution is -2.44. The summed E-state index contributed by atoms with van der Waals surface area (Å²) < 4.78 is 11.4. The Hall–Kier alpha value is -3.22. The minimum atomic E-state index is -0.263. The van der Waals surface area contributed by atoms with Crippen LogP contribution in [0.5, 0.6) is 11.5 Å². The van der Waals surface area contributed by atoms with Gasteiger partial charge < -0.3 is 25.0 Å². The Kier molecular flexibility index (Phi) is 5.32. The van der Waals surface area contributed by atoms with Crippen LogP contribution in [0.1, 0.15) is 18.4 Å². The highest BCUT2D eigenvalue weighted by Crippen LogP contribution is 2.30. The maximum atomic E-state index is 12.1. The molecule has 0 radical (unpaired) electrons. The summed E-state index contributed by atoms with van der Waals surface area (Å²) >= 11 is 0. The second-order valence-corrected chi connectivity index (χ2v) is 6.88. The molecule has 2 heterocycles. The highest BCUT2D eigenvalue weighted by Gasteiger charge is 2.22. The fourth-order valence-corrected chi connectivity index (χ4v) is 3.33. The van der Waals surface area contributed by atoms with Crippen LogP contribution < -0.4 is 25.0 Å². The highest BCUT2D eigenvalue weighted by molar-refractivity contribution is 5.95. The van der Waals surface area contributed by atoms with Gasteiger partial charge in [0.25, 0.3) is 0 Å². The van der Waals surface area contributed by atoms with Gasteiger partial charge in [-0.2, -0.15) is 0 Å². The Bertz CT molecular complexity index is 853. The lowest BCUT2D eigenvalue weighted by atomic mass is 10.2. The first kappa shape index (κ1) is 18.2. The van der Waals surface area contributed by atoms with Crippen molar-refractivity contribution in [2.24, 2.45) is 0 Å². The number of hydrogen-bond donors (Lipinski definition) is 2. The molecular formula is C21H23N3O4. The average molecular weight is 381 g/mol. The third-order valence-corrected chi connectivity index (χ3v) is 4.83. The quantitative estimate of drug-likeness (QED) is 0.834. The van der Waals surface area contributed by atoms with E-state index in [2.05, 4.69) is 10.6 Å². The van der Waals surface area contributed by atoms with Crippen LogP contribution in [0.15, 0.2) is 48.5 Å². The lowest BCUT2D eigenvalue weighted by Gasteiger charge is -2.26. The van der Waals surface area contributed by atoms with Gasteiger partial charge in [0.1, 0.15) is 6.61 Å². The zero-order valence-electron chi connectivity index (χ0n) is 15.5. The molecule has 3 amide bonds. The fourth-order valence-electron chi connectivity index (χ4n) is 3.33. The molecule has 1 saturated heterocycles. The monoisotopic (exact) mass is 381 g/mol. The number of anilines is 1. The first-order valence-electron chi connectivity index (χ1n) is 9.48. The smallest absolute Gasteiger partial charge is 0.315 e. The summed E-state index contributed by atoms with van der Waals surface area (Å²) in [5.41, 5.74) is 1.88. The summed E-state index contributed by atoms with van der Waals surface area (Å²) in [6, 6.07) is 14.9. The minimum Gasteiger partial charge on any atom is -0.486 e. The minimum absolute atomic E-state index is 0.168. The van der Waals surface area contributed by atoms with E-state index in [0.717, 1.165) is 30.0 Å². The molecule has 4 rings (SSSR count). The number of carbonyl (C=O) groups is 2. The summed E-state index contributed by atoms with van der Waals surface area (Å²) in [6.45, 7) is 1.94. The number of ether oxygens (including phenoxy) is 2. The van der Waals surface area contributed by atoms with E-state index in [4.69, 9.17) is 9.47 Å². The topological polar surface area (TPSA) is 79.9 Å². The molecule has 0 aliphatic carbocycles. The molecular weight excluding hydrogens is 358 g/mol. The van der Waals surface area contributed by atoms with Gasteiger partial charge in [-0.1, -0.05) is 24.3 Å². The second kappa shape index (κ2) is 8.21. The molecule has 2 N–H and O–H groups in total. The number of carbonyl (C=O) groups excluding carboxylic acids is 2. The Labute approximate surface area is 163 Å². The summed E-state index contributed by atoms with van der Waals surface area (Å²) in [6.07, 6.45) is 1.30. The van der Waals surface area contributed by atoms with E-state index < -0.39 is 0 Å². The normalized spacial score (nSPS) is 18.1. The molecule has 2 aliphatic rings. The molecule has 7 heteroatoms. The van der Waals surface area contributed by atoms with Crippen molar-refractivity contribution in [1.82, 2.24) is 10.6 Å². The largest absolute Gasteiger partial charge is 0.486 e. The van der Waals surface area contributed by atoms with Crippen molar-refractivity contribution in [3.05, 3.63) is 54.1 Å². The van der Waals surface area contributed by atoms with Gasteiger partial charge in [-0.05, 0) is 36.2 Å². The number of urea groups is 1. The zero-order valence-corrected chi connectivity index (χ0v) is 15.5.